The summed E-state index contributed by atoms with van der Waals surface area (Å²) in [5.41, 5.74) is -2.08. The van der Waals surface area contributed by atoms with Crippen molar-refractivity contribution in [3.05, 3.63) is 112 Å². The third-order valence-electron chi connectivity index (χ3n) is 7.58. The van der Waals surface area contributed by atoms with Crippen molar-refractivity contribution in [2.45, 2.75) is 38.9 Å². The molecule has 1 aliphatic heterocycles. The quantitative estimate of drug-likeness (QED) is 0.0880. The lowest BCUT2D eigenvalue weighted by molar-refractivity contribution is -0.383. The van der Waals surface area contributed by atoms with Crippen LogP contribution in [0.3, 0.4) is 0 Å². The number of halogens is 1. The summed E-state index contributed by atoms with van der Waals surface area (Å²) in [5.74, 6) is 1.51. The van der Waals surface area contributed by atoms with Crippen LogP contribution < -0.4 is 19.7 Å². The minimum Gasteiger partial charge on any atom is -0.539 e. The molecular weight excluding hydrogens is 559 g/mol. The number of carbonyl (C=O) groups excluding carboxylic acids is 1. The van der Waals surface area contributed by atoms with Crippen LogP contribution in [0.25, 0.3) is 0 Å². The van der Waals surface area contributed by atoms with Crippen LogP contribution in [0, 0.1) is 10.1 Å². The molecule has 1 heterocycles. The average Bonchev–Trinajstić information content (AvgIpc) is 3.15. The first-order valence-electron chi connectivity index (χ1n) is 13.3. The number of hydrogen-bond acceptors (Lipinski definition) is 7. The van der Waals surface area contributed by atoms with Gasteiger partial charge in [0.05, 0.1) is 16.7 Å². The Kier molecular flexibility index (Phi) is 7.72. The van der Waals surface area contributed by atoms with Gasteiger partial charge in [0.25, 0.3) is 0 Å². The zero-order chi connectivity index (χ0) is 30.1. The van der Waals surface area contributed by atoms with Crippen LogP contribution in [0.15, 0.2) is 97.1 Å². The zero-order valence-corrected chi connectivity index (χ0v) is 24.3. The van der Waals surface area contributed by atoms with E-state index in [1.807, 2.05) is 24.3 Å². The third-order valence-corrected chi connectivity index (χ3v) is 7.81. The van der Waals surface area contributed by atoms with Crippen molar-refractivity contribution < 1.29 is 28.5 Å². The van der Waals surface area contributed by atoms with E-state index < -0.39 is 22.8 Å². The van der Waals surface area contributed by atoms with E-state index in [4.69, 9.17) is 30.4 Å². The van der Waals surface area contributed by atoms with E-state index >= 15 is 0 Å². The summed E-state index contributed by atoms with van der Waals surface area (Å²) in [6.45, 7) is 4.16. The maximum absolute atomic E-state index is 13.1. The summed E-state index contributed by atoms with van der Waals surface area (Å²) in [6.07, 6.45) is 0.513. The highest BCUT2D eigenvalue weighted by Crippen LogP contribution is 2.47. The maximum atomic E-state index is 13.1. The van der Waals surface area contributed by atoms with E-state index in [1.54, 1.807) is 82.3 Å². The van der Waals surface area contributed by atoms with Gasteiger partial charge in [0.1, 0.15) is 23.0 Å². The fourth-order valence-electron chi connectivity index (χ4n) is 4.89. The number of amides is 1. The fourth-order valence-corrected chi connectivity index (χ4v) is 5.06. The van der Waals surface area contributed by atoms with Gasteiger partial charge in [-0.05, 0) is 81.7 Å². The summed E-state index contributed by atoms with van der Waals surface area (Å²) in [4.78, 5) is 26.3. The van der Waals surface area contributed by atoms with Crippen molar-refractivity contribution in [3.8, 4) is 23.0 Å². The number of para-hydroxylation sites is 2. The molecule has 0 N–H and O–H groups in total. The van der Waals surface area contributed by atoms with Gasteiger partial charge in [-0.15, -0.1) is 0 Å². The summed E-state index contributed by atoms with van der Waals surface area (Å²) in [5, 5.41) is 12.9. The van der Waals surface area contributed by atoms with Gasteiger partial charge in [-0.1, -0.05) is 54.1 Å². The minimum atomic E-state index is -3.05. The second-order valence-corrected chi connectivity index (χ2v) is 11.3. The molecule has 1 saturated heterocycles. The zero-order valence-electron chi connectivity index (χ0n) is 23.5. The van der Waals surface area contributed by atoms with Crippen molar-refractivity contribution in [2.75, 3.05) is 4.81 Å². The van der Waals surface area contributed by atoms with Gasteiger partial charge in [0, 0.05) is 16.2 Å². The van der Waals surface area contributed by atoms with E-state index in [-0.39, 0.29) is 28.3 Å². The topological polar surface area (TPSA) is 100 Å². The first-order chi connectivity index (χ1) is 20.0. The van der Waals surface area contributed by atoms with Crippen LogP contribution in [0.4, 0.5) is 11.4 Å². The Balaban J connectivity index is 1.70. The Morgan fingerprint density at radius 3 is 1.93 bits per heavy atom. The van der Waals surface area contributed by atoms with E-state index in [1.165, 1.54) is 23.0 Å². The second-order valence-electron chi connectivity index (χ2n) is 10.9. The first-order valence-corrected chi connectivity index (χ1v) is 13.7. The number of hydrogen-bond donors (Lipinski definition) is 0. The lowest BCUT2D eigenvalue weighted by Crippen LogP contribution is -2.66. The Bertz CT molecular complexity index is 1600. The van der Waals surface area contributed by atoms with Crippen LogP contribution in [0.1, 0.15) is 27.7 Å². The normalized spacial score (nSPS) is 16.4. The summed E-state index contributed by atoms with van der Waals surface area (Å²) >= 11 is 6.41. The van der Waals surface area contributed by atoms with Crippen molar-refractivity contribution in [3.63, 3.8) is 0 Å². The van der Waals surface area contributed by atoms with Gasteiger partial charge in [0.2, 0.25) is 5.69 Å². The van der Waals surface area contributed by atoms with Crippen LogP contribution in [-0.2, 0) is 14.1 Å². The lowest BCUT2D eigenvalue weighted by atomic mass is 9.60. The second kappa shape index (κ2) is 11.1. The predicted molar refractivity (Wildman–Crippen MR) is 162 cm³/mol. The monoisotopic (exact) mass is 587 g/mol. The van der Waals surface area contributed by atoms with E-state index in [0.717, 1.165) is 0 Å². The van der Waals surface area contributed by atoms with Gasteiger partial charge in [-0.2, -0.15) is 0 Å². The highest BCUT2D eigenvalue weighted by atomic mass is 35.5. The number of benzene rings is 4. The number of carbonyl (C=O) groups is 1. The molecule has 0 bridgehead atoms. The Hall–Kier alpha value is -4.38. The van der Waals surface area contributed by atoms with Crippen molar-refractivity contribution >= 4 is 41.5 Å². The molecule has 0 aliphatic carbocycles. The van der Waals surface area contributed by atoms with Crippen molar-refractivity contribution in [2.24, 2.45) is 0 Å². The molecule has 216 valence electrons. The molecule has 0 unspecified atom stereocenters. The number of nitrogens with zero attached hydrogens (tertiary/aromatic N) is 2. The molecule has 0 aromatic heterocycles. The van der Waals surface area contributed by atoms with Crippen LogP contribution in [0.2, 0.25) is 5.02 Å². The SMILES string of the molecule is CC1(C)O[B-](c2ccc(Oc3ccccc3)cc2[N+](=O)[O-])(N(C=O)c2cc(Cl)ccc2Oc2ccccc2)OC1(C)C. The average molecular weight is 588 g/mol. The smallest absolute Gasteiger partial charge is 0.389 e. The van der Waals surface area contributed by atoms with E-state index in [2.05, 4.69) is 0 Å². The standard InChI is InChI=1S/C31H29BClN2O7/c1-30(2)31(3,4)42-32(41-30,26-17-16-25(20-27(26)35(37)38)39-23-11-7-5-8-12-23)34(21-36)28-19-22(33)15-18-29(28)40-24-13-9-6-10-14-24/h5-21H,1-4H3/q-1. The van der Waals surface area contributed by atoms with Gasteiger partial charge in [-0.3, -0.25) is 14.9 Å². The molecule has 0 radical (unpaired) electrons. The van der Waals surface area contributed by atoms with Gasteiger partial charge >= 0.3 is 6.69 Å². The predicted octanol–water partition coefficient (Wildman–Crippen LogP) is 7.25. The Morgan fingerprint density at radius 1 is 0.810 bits per heavy atom. The summed E-state index contributed by atoms with van der Waals surface area (Å²) in [7, 11) is 0. The summed E-state index contributed by atoms with van der Waals surface area (Å²) < 4.78 is 25.3. The van der Waals surface area contributed by atoms with Crippen molar-refractivity contribution in [1.29, 1.82) is 0 Å². The molecule has 42 heavy (non-hydrogen) atoms. The Labute approximate surface area is 248 Å². The molecule has 1 aliphatic rings. The highest BCUT2D eigenvalue weighted by molar-refractivity contribution is 6.88. The molecule has 0 saturated carbocycles. The molecule has 0 spiro atoms. The molecule has 5 rings (SSSR count). The van der Waals surface area contributed by atoms with E-state index in [0.29, 0.717) is 22.9 Å². The van der Waals surface area contributed by atoms with Crippen LogP contribution in [-0.4, -0.2) is 29.2 Å². The molecular formula is C31H29BClN2O7-. The minimum absolute atomic E-state index is 0.0387. The summed E-state index contributed by atoms with van der Waals surface area (Å²) in [6, 6.07) is 27.0. The molecule has 0 atom stereocenters. The van der Waals surface area contributed by atoms with Gasteiger partial charge in [0.15, 0.2) is 6.41 Å². The molecule has 4 aromatic carbocycles. The molecule has 9 nitrogen and oxygen atoms in total. The molecule has 11 heteroatoms. The number of ether oxygens (including phenoxy) is 2. The van der Waals surface area contributed by atoms with Gasteiger partial charge < -0.3 is 23.6 Å². The maximum Gasteiger partial charge on any atom is 0.389 e. The fraction of sp³-hybridized carbons (Fsp3) is 0.194. The molecule has 1 amide bonds. The number of nitro groups is 1. The largest absolute Gasteiger partial charge is 0.539 e. The number of anilines is 1. The first kappa shape index (κ1) is 29.1. The third kappa shape index (κ3) is 5.44. The molecule has 4 aromatic rings. The van der Waals surface area contributed by atoms with E-state index in [9.17, 15) is 14.9 Å². The molecule has 1 fully saturated rings. The number of rotatable bonds is 9. The Morgan fingerprint density at radius 2 is 1.38 bits per heavy atom. The van der Waals surface area contributed by atoms with Crippen LogP contribution >= 0.6 is 11.6 Å². The van der Waals surface area contributed by atoms with Gasteiger partial charge in [-0.25, -0.2) is 0 Å². The van der Waals surface area contributed by atoms with Crippen molar-refractivity contribution in [1.82, 2.24) is 0 Å². The lowest BCUT2D eigenvalue weighted by Gasteiger charge is -2.46. The number of nitro benzene ring substituents is 1. The van der Waals surface area contributed by atoms with Crippen LogP contribution in [0.5, 0.6) is 23.0 Å². The highest BCUT2D eigenvalue weighted by Gasteiger charge is 2.58.